The Labute approximate surface area is 158 Å². The van der Waals surface area contributed by atoms with E-state index >= 15 is 0 Å². The molecule has 0 aliphatic heterocycles. The quantitative estimate of drug-likeness (QED) is 0.324. The van der Waals surface area contributed by atoms with Crippen LogP contribution in [-0.4, -0.2) is 47.6 Å². The van der Waals surface area contributed by atoms with Crippen molar-refractivity contribution in [2.45, 2.75) is 45.6 Å². The van der Waals surface area contributed by atoms with Crippen LogP contribution in [0.15, 0.2) is 23.7 Å². The lowest BCUT2D eigenvalue weighted by Gasteiger charge is -2.31. The Morgan fingerprint density at radius 1 is 1.35 bits per heavy atom. The zero-order chi connectivity index (χ0) is 15.8. The number of hydrogen-bond donors (Lipinski definition) is 1. The number of aromatic nitrogens is 2. The van der Waals surface area contributed by atoms with Crippen LogP contribution < -0.4 is 5.32 Å². The molecule has 1 fully saturated rings. The summed E-state index contributed by atoms with van der Waals surface area (Å²) in [4.78, 5) is 10.8. The third-order valence-electron chi connectivity index (χ3n) is 4.68. The van der Waals surface area contributed by atoms with Crippen LogP contribution in [0.2, 0.25) is 0 Å². The average Bonchev–Trinajstić information content (AvgIpc) is 3.03. The molecule has 0 saturated heterocycles. The maximum absolute atomic E-state index is 4.42. The second-order valence-electron chi connectivity index (χ2n) is 6.63. The molecular formula is C17H32IN5. The Balaban J connectivity index is 0.00000264. The first-order valence-electron chi connectivity index (χ1n) is 8.56. The minimum absolute atomic E-state index is 0. The van der Waals surface area contributed by atoms with E-state index < -0.39 is 0 Å². The van der Waals surface area contributed by atoms with Crippen LogP contribution >= 0.6 is 24.0 Å². The maximum Gasteiger partial charge on any atom is 0.193 e. The lowest BCUT2D eigenvalue weighted by molar-refractivity contribution is 0.250. The molecule has 2 rings (SSSR count). The molecule has 1 N–H and O–H groups in total. The van der Waals surface area contributed by atoms with Gasteiger partial charge in [-0.2, -0.15) is 0 Å². The van der Waals surface area contributed by atoms with Crippen LogP contribution in [0.5, 0.6) is 0 Å². The standard InChI is InChI=1S/C17H31N5.HI/c1-15-5-7-16(8-6-15)13-21(3)17(18-2)20-9-4-11-22-12-10-19-14-22;/h10,12,14-16H,4-9,11,13H2,1-3H3,(H,18,20);1H. The first-order valence-corrected chi connectivity index (χ1v) is 8.56. The van der Waals surface area contributed by atoms with Gasteiger partial charge in [0.25, 0.3) is 0 Å². The molecule has 5 nitrogen and oxygen atoms in total. The van der Waals surface area contributed by atoms with Gasteiger partial charge in [0.2, 0.25) is 0 Å². The largest absolute Gasteiger partial charge is 0.356 e. The fourth-order valence-electron chi connectivity index (χ4n) is 3.25. The molecule has 1 aromatic heterocycles. The molecule has 0 aromatic carbocycles. The number of aryl methyl sites for hydroxylation is 1. The van der Waals surface area contributed by atoms with Gasteiger partial charge in [0.15, 0.2) is 5.96 Å². The first kappa shape index (κ1) is 20.3. The molecule has 132 valence electrons. The third kappa shape index (κ3) is 7.10. The predicted octanol–water partition coefficient (Wildman–Crippen LogP) is 3.22. The molecule has 23 heavy (non-hydrogen) atoms. The molecule has 0 radical (unpaired) electrons. The summed E-state index contributed by atoms with van der Waals surface area (Å²) in [5.74, 6) is 2.76. The number of halogens is 1. The van der Waals surface area contributed by atoms with Gasteiger partial charge in [0.1, 0.15) is 0 Å². The van der Waals surface area contributed by atoms with Crippen molar-refractivity contribution < 1.29 is 0 Å². The molecule has 1 aliphatic rings. The van der Waals surface area contributed by atoms with E-state index in [0.29, 0.717) is 0 Å². The van der Waals surface area contributed by atoms with Gasteiger partial charge < -0.3 is 14.8 Å². The van der Waals surface area contributed by atoms with Crippen LogP contribution in [0.3, 0.4) is 0 Å². The maximum atomic E-state index is 4.42. The highest BCUT2D eigenvalue weighted by molar-refractivity contribution is 14.0. The zero-order valence-electron chi connectivity index (χ0n) is 14.7. The van der Waals surface area contributed by atoms with Gasteiger partial charge in [0.05, 0.1) is 6.33 Å². The van der Waals surface area contributed by atoms with Crippen LogP contribution in [0.4, 0.5) is 0 Å². The number of guanidine groups is 1. The summed E-state index contributed by atoms with van der Waals surface area (Å²) < 4.78 is 2.11. The Bertz CT molecular complexity index is 438. The molecule has 1 aromatic rings. The van der Waals surface area contributed by atoms with Gasteiger partial charge in [-0.3, -0.25) is 4.99 Å². The molecule has 6 heteroatoms. The van der Waals surface area contributed by atoms with Crippen molar-refractivity contribution in [3.05, 3.63) is 18.7 Å². The van der Waals surface area contributed by atoms with E-state index in [4.69, 9.17) is 0 Å². The van der Waals surface area contributed by atoms with Gasteiger partial charge in [-0.1, -0.05) is 19.8 Å². The van der Waals surface area contributed by atoms with Gasteiger partial charge in [0, 0.05) is 46.1 Å². The minimum Gasteiger partial charge on any atom is -0.356 e. The summed E-state index contributed by atoms with van der Waals surface area (Å²) in [6, 6.07) is 0. The Hall–Kier alpha value is -0.790. The van der Waals surface area contributed by atoms with Crippen LogP contribution in [-0.2, 0) is 6.54 Å². The van der Waals surface area contributed by atoms with Crippen molar-refractivity contribution in [1.29, 1.82) is 0 Å². The van der Waals surface area contributed by atoms with E-state index in [1.54, 1.807) is 0 Å². The number of rotatable bonds is 6. The van der Waals surface area contributed by atoms with Crippen molar-refractivity contribution in [3.8, 4) is 0 Å². The fraction of sp³-hybridized carbons (Fsp3) is 0.765. The van der Waals surface area contributed by atoms with Crippen LogP contribution in [0.1, 0.15) is 39.0 Å². The average molecular weight is 433 g/mol. The first-order chi connectivity index (χ1) is 10.7. The van der Waals surface area contributed by atoms with E-state index in [1.165, 1.54) is 25.7 Å². The van der Waals surface area contributed by atoms with Crippen molar-refractivity contribution in [2.24, 2.45) is 16.8 Å². The number of nitrogens with zero attached hydrogens (tertiary/aromatic N) is 4. The van der Waals surface area contributed by atoms with Gasteiger partial charge in [-0.25, -0.2) is 4.98 Å². The fourth-order valence-corrected chi connectivity index (χ4v) is 3.25. The molecule has 1 aliphatic carbocycles. The summed E-state index contributed by atoms with van der Waals surface area (Å²) in [5.41, 5.74) is 0. The summed E-state index contributed by atoms with van der Waals surface area (Å²) >= 11 is 0. The number of imidazole rings is 1. The normalized spacial score (nSPS) is 21.6. The minimum atomic E-state index is 0. The van der Waals surface area contributed by atoms with Crippen LogP contribution in [0.25, 0.3) is 0 Å². The number of nitrogens with one attached hydrogen (secondary N) is 1. The lowest BCUT2D eigenvalue weighted by Crippen LogP contribution is -2.42. The smallest absolute Gasteiger partial charge is 0.193 e. The van der Waals surface area contributed by atoms with Crippen molar-refractivity contribution in [2.75, 3.05) is 27.2 Å². The highest BCUT2D eigenvalue weighted by atomic mass is 127. The summed E-state index contributed by atoms with van der Waals surface area (Å²) in [7, 11) is 4.03. The molecule has 0 amide bonds. The monoisotopic (exact) mass is 433 g/mol. The predicted molar refractivity (Wildman–Crippen MR) is 107 cm³/mol. The molecule has 0 unspecified atom stereocenters. The number of hydrogen-bond acceptors (Lipinski definition) is 2. The van der Waals surface area contributed by atoms with Gasteiger partial charge in [-0.15, -0.1) is 24.0 Å². The SMILES string of the molecule is CN=C(NCCCn1ccnc1)N(C)CC1CCC(C)CC1.I. The summed E-state index contributed by atoms with van der Waals surface area (Å²) in [5, 5.41) is 3.47. The molecular weight excluding hydrogens is 401 g/mol. The zero-order valence-corrected chi connectivity index (χ0v) is 17.1. The second kappa shape index (κ2) is 10.9. The van der Waals surface area contributed by atoms with Crippen molar-refractivity contribution in [3.63, 3.8) is 0 Å². The van der Waals surface area contributed by atoms with Gasteiger partial charge >= 0.3 is 0 Å². The third-order valence-corrected chi connectivity index (χ3v) is 4.68. The van der Waals surface area contributed by atoms with Crippen molar-refractivity contribution in [1.82, 2.24) is 19.8 Å². The Morgan fingerprint density at radius 3 is 2.70 bits per heavy atom. The van der Waals surface area contributed by atoms with E-state index in [2.05, 4.69) is 38.7 Å². The Kier molecular flexibility index (Phi) is 9.59. The molecule has 1 heterocycles. The van der Waals surface area contributed by atoms with Gasteiger partial charge in [-0.05, 0) is 31.1 Å². The Morgan fingerprint density at radius 2 is 2.09 bits per heavy atom. The van der Waals surface area contributed by atoms with E-state index in [0.717, 1.165) is 43.9 Å². The number of aliphatic imine (C=N–C) groups is 1. The molecule has 0 atom stereocenters. The molecule has 0 bridgehead atoms. The second-order valence-corrected chi connectivity index (χ2v) is 6.63. The van der Waals surface area contributed by atoms with Crippen LogP contribution in [0, 0.1) is 11.8 Å². The van der Waals surface area contributed by atoms with E-state index in [-0.39, 0.29) is 24.0 Å². The highest BCUT2D eigenvalue weighted by Gasteiger charge is 2.20. The topological polar surface area (TPSA) is 45.5 Å². The summed E-state index contributed by atoms with van der Waals surface area (Å²) in [6.45, 7) is 5.43. The molecule has 1 saturated carbocycles. The van der Waals surface area contributed by atoms with E-state index in [9.17, 15) is 0 Å². The molecule has 0 spiro atoms. The summed E-state index contributed by atoms with van der Waals surface area (Å²) in [6.07, 6.45) is 12.3. The lowest BCUT2D eigenvalue weighted by atomic mass is 9.83. The highest BCUT2D eigenvalue weighted by Crippen LogP contribution is 2.28. The van der Waals surface area contributed by atoms with E-state index in [1.807, 2.05) is 25.8 Å². The van der Waals surface area contributed by atoms with Crippen molar-refractivity contribution >= 4 is 29.9 Å².